The van der Waals surface area contributed by atoms with E-state index in [0.717, 1.165) is 5.75 Å². The highest BCUT2D eigenvalue weighted by atomic mass is 16.5. The van der Waals surface area contributed by atoms with Gasteiger partial charge in [-0.3, -0.25) is 4.90 Å². The summed E-state index contributed by atoms with van der Waals surface area (Å²) in [6.07, 6.45) is 3.30. The third-order valence-electron chi connectivity index (χ3n) is 5.15. The van der Waals surface area contributed by atoms with Crippen LogP contribution in [0.3, 0.4) is 0 Å². The maximum atomic E-state index is 10.2. The SMILES string of the molecule is CC(C)c1ccc(OCCOC[C@@H](O)CN2[C@H](C)CCC[C@@H]2C)cc1. The first-order valence-corrected chi connectivity index (χ1v) is 9.71. The molecule has 1 saturated heterocycles. The van der Waals surface area contributed by atoms with E-state index in [-0.39, 0.29) is 0 Å². The number of nitrogens with zero attached hydrogens (tertiary/aromatic N) is 1. The third-order valence-corrected chi connectivity index (χ3v) is 5.15. The van der Waals surface area contributed by atoms with E-state index in [1.807, 2.05) is 12.1 Å². The zero-order valence-electron chi connectivity index (χ0n) is 16.3. The van der Waals surface area contributed by atoms with Crippen molar-refractivity contribution in [2.75, 3.05) is 26.4 Å². The Hall–Kier alpha value is -1.10. The first-order valence-electron chi connectivity index (χ1n) is 9.71. The molecule has 1 aliphatic heterocycles. The fraction of sp³-hybridized carbons (Fsp3) is 0.714. The van der Waals surface area contributed by atoms with Crippen molar-refractivity contribution in [3.63, 3.8) is 0 Å². The van der Waals surface area contributed by atoms with Gasteiger partial charge in [-0.1, -0.05) is 32.4 Å². The Labute approximate surface area is 153 Å². The Morgan fingerprint density at radius 1 is 1.08 bits per heavy atom. The second kappa shape index (κ2) is 10.1. The van der Waals surface area contributed by atoms with Crippen LogP contribution in [0.25, 0.3) is 0 Å². The summed E-state index contributed by atoms with van der Waals surface area (Å²) in [7, 11) is 0. The molecule has 0 radical (unpaired) electrons. The Morgan fingerprint density at radius 3 is 2.32 bits per heavy atom. The number of β-amino-alcohol motifs (C(OH)–C–C–N with tert-alkyl or cyclic N) is 1. The van der Waals surface area contributed by atoms with Crippen LogP contribution in [-0.4, -0.2) is 54.6 Å². The molecule has 142 valence electrons. The molecule has 1 aromatic rings. The number of hydrogen-bond donors (Lipinski definition) is 1. The van der Waals surface area contributed by atoms with Crippen molar-refractivity contribution < 1.29 is 14.6 Å². The molecule has 4 heteroatoms. The average molecular weight is 350 g/mol. The van der Waals surface area contributed by atoms with E-state index in [1.54, 1.807) is 0 Å². The second-order valence-electron chi connectivity index (χ2n) is 7.63. The van der Waals surface area contributed by atoms with Crippen LogP contribution in [0.2, 0.25) is 0 Å². The van der Waals surface area contributed by atoms with Crippen molar-refractivity contribution in [2.24, 2.45) is 0 Å². The van der Waals surface area contributed by atoms with Crippen LogP contribution in [0.5, 0.6) is 5.75 Å². The van der Waals surface area contributed by atoms with E-state index in [2.05, 4.69) is 44.7 Å². The lowest BCUT2D eigenvalue weighted by molar-refractivity contribution is -0.0141. The van der Waals surface area contributed by atoms with Crippen molar-refractivity contribution in [1.29, 1.82) is 0 Å². The second-order valence-corrected chi connectivity index (χ2v) is 7.63. The summed E-state index contributed by atoms with van der Waals surface area (Å²) in [5.41, 5.74) is 1.31. The van der Waals surface area contributed by atoms with Gasteiger partial charge in [0.25, 0.3) is 0 Å². The highest BCUT2D eigenvalue weighted by Crippen LogP contribution is 2.22. The summed E-state index contributed by atoms with van der Waals surface area (Å²) in [4.78, 5) is 2.41. The highest BCUT2D eigenvalue weighted by Gasteiger charge is 2.26. The van der Waals surface area contributed by atoms with Gasteiger partial charge in [-0.15, -0.1) is 0 Å². The van der Waals surface area contributed by atoms with Gasteiger partial charge in [0.2, 0.25) is 0 Å². The van der Waals surface area contributed by atoms with Crippen molar-refractivity contribution in [3.8, 4) is 5.75 Å². The largest absolute Gasteiger partial charge is 0.491 e. The number of piperidine rings is 1. The van der Waals surface area contributed by atoms with Crippen LogP contribution in [0.4, 0.5) is 0 Å². The first kappa shape index (κ1) is 20.2. The minimum atomic E-state index is -0.437. The third kappa shape index (κ3) is 6.61. The monoisotopic (exact) mass is 349 g/mol. The van der Waals surface area contributed by atoms with Gasteiger partial charge >= 0.3 is 0 Å². The van der Waals surface area contributed by atoms with Crippen LogP contribution in [-0.2, 0) is 4.74 Å². The molecule has 2 rings (SSSR count). The summed E-state index contributed by atoms with van der Waals surface area (Å²) >= 11 is 0. The summed E-state index contributed by atoms with van der Waals surface area (Å²) in [6, 6.07) is 9.31. The highest BCUT2D eigenvalue weighted by molar-refractivity contribution is 5.28. The summed E-state index contributed by atoms with van der Waals surface area (Å²) in [5, 5.41) is 10.2. The van der Waals surface area contributed by atoms with E-state index in [4.69, 9.17) is 9.47 Å². The molecule has 1 heterocycles. The Balaban J connectivity index is 1.60. The molecule has 0 amide bonds. The Bertz CT molecular complexity index is 478. The normalized spacial score (nSPS) is 23.0. The zero-order chi connectivity index (χ0) is 18.2. The lowest BCUT2D eigenvalue weighted by atomic mass is 9.97. The predicted octanol–water partition coefficient (Wildman–Crippen LogP) is 3.83. The van der Waals surface area contributed by atoms with E-state index in [9.17, 15) is 5.11 Å². The Morgan fingerprint density at radius 2 is 1.72 bits per heavy atom. The van der Waals surface area contributed by atoms with Gasteiger partial charge in [-0.05, 0) is 50.3 Å². The van der Waals surface area contributed by atoms with Gasteiger partial charge < -0.3 is 14.6 Å². The standard InChI is InChI=1S/C21H35NO3/c1-16(2)19-8-10-21(11-9-19)25-13-12-24-15-20(23)14-22-17(3)6-5-7-18(22)4/h8-11,16-18,20,23H,5-7,12-15H2,1-4H3/t17-,18+,20-/m0/s1. The number of rotatable bonds is 9. The van der Waals surface area contributed by atoms with E-state index in [0.29, 0.717) is 44.4 Å². The van der Waals surface area contributed by atoms with Gasteiger partial charge in [0.05, 0.1) is 19.3 Å². The van der Waals surface area contributed by atoms with Gasteiger partial charge in [-0.2, -0.15) is 0 Å². The maximum absolute atomic E-state index is 10.2. The molecular weight excluding hydrogens is 314 g/mol. The van der Waals surface area contributed by atoms with Gasteiger partial charge in [0, 0.05) is 18.6 Å². The predicted molar refractivity (Wildman–Crippen MR) is 102 cm³/mol. The van der Waals surface area contributed by atoms with Crippen LogP contribution >= 0.6 is 0 Å². The van der Waals surface area contributed by atoms with Gasteiger partial charge in [0.1, 0.15) is 12.4 Å². The molecule has 25 heavy (non-hydrogen) atoms. The minimum Gasteiger partial charge on any atom is -0.491 e. The summed E-state index contributed by atoms with van der Waals surface area (Å²) in [5.74, 6) is 1.40. The topological polar surface area (TPSA) is 41.9 Å². The van der Waals surface area contributed by atoms with Gasteiger partial charge in [-0.25, -0.2) is 0 Å². The minimum absolute atomic E-state index is 0.367. The maximum Gasteiger partial charge on any atom is 0.119 e. The summed E-state index contributed by atoms with van der Waals surface area (Å²) < 4.78 is 11.3. The van der Waals surface area contributed by atoms with E-state index >= 15 is 0 Å². The fourth-order valence-electron chi connectivity index (χ4n) is 3.52. The fourth-order valence-corrected chi connectivity index (χ4v) is 3.52. The lowest BCUT2D eigenvalue weighted by Gasteiger charge is -2.40. The zero-order valence-corrected chi connectivity index (χ0v) is 16.3. The van der Waals surface area contributed by atoms with Crippen LogP contribution in [0.1, 0.15) is 58.4 Å². The molecule has 0 aromatic heterocycles. The molecule has 0 spiro atoms. The van der Waals surface area contributed by atoms with Crippen molar-refractivity contribution in [2.45, 2.75) is 71.1 Å². The number of hydrogen-bond acceptors (Lipinski definition) is 4. The molecule has 3 atom stereocenters. The summed E-state index contributed by atoms with van der Waals surface area (Å²) in [6.45, 7) is 10.9. The molecule has 0 unspecified atom stereocenters. The molecule has 1 fully saturated rings. The number of benzene rings is 1. The number of aliphatic hydroxyl groups is 1. The number of aliphatic hydroxyl groups excluding tert-OH is 1. The molecule has 1 aromatic carbocycles. The number of likely N-dealkylation sites (tertiary alicyclic amines) is 1. The molecule has 1 aliphatic rings. The average Bonchev–Trinajstić information content (AvgIpc) is 2.58. The van der Waals surface area contributed by atoms with E-state index in [1.165, 1.54) is 24.8 Å². The van der Waals surface area contributed by atoms with Crippen LogP contribution < -0.4 is 4.74 Å². The lowest BCUT2D eigenvalue weighted by Crippen LogP contribution is -2.48. The number of ether oxygens (including phenoxy) is 2. The molecule has 0 aliphatic carbocycles. The van der Waals surface area contributed by atoms with Gasteiger partial charge in [0.15, 0.2) is 0 Å². The van der Waals surface area contributed by atoms with Crippen molar-refractivity contribution in [3.05, 3.63) is 29.8 Å². The van der Waals surface area contributed by atoms with Crippen molar-refractivity contribution in [1.82, 2.24) is 4.90 Å². The van der Waals surface area contributed by atoms with Crippen LogP contribution in [0.15, 0.2) is 24.3 Å². The first-order chi connectivity index (χ1) is 12.0. The molecule has 0 bridgehead atoms. The molecular formula is C21H35NO3. The van der Waals surface area contributed by atoms with Crippen LogP contribution in [0, 0.1) is 0 Å². The quantitative estimate of drug-likeness (QED) is 0.688. The molecule has 1 N–H and O–H groups in total. The Kier molecular flexibility index (Phi) is 8.20. The molecule has 4 nitrogen and oxygen atoms in total. The van der Waals surface area contributed by atoms with E-state index < -0.39 is 6.10 Å². The van der Waals surface area contributed by atoms with Crippen molar-refractivity contribution >= 4 is 0 Å². The molecule has 0 saturated carbocycles. The smallest absolute Gasteiger partial charge is 0.119 e.